The molecule has 1 aliphatic rings. The van der Waals surface area contributed by atoms with Crippen molar-refractivity contribution in [2.75, 3.05) is 17.2 Å². The van der Waals surface area contributed by atoms with Crippen molar-refractivity contribution < 1.29 is 0 Å². The Morgan fingerprint density at radius 1 is 1.28 bits per heavy atom. The summed E-state index contributed by atoms with van der Waals surface area (Å²) in [6, 6.07) is 8.20. The first kappa shape index (κ1) is 13.1. The molecule has 0 spiro atoms. The first-order chi connectivity index (χ1) is 8.24. The third-order valence-corrected chi connectivity index (χ3v) is 3.37. The van der Waals surface area contributed by atoms with Gasteiger partial charge in [-0.3, -0.25) is 0 Å². The van der Waals surface area contributed by atoms with Crippen LogP contribution in [0.25, 0.3) is 0 Å². The van der Waals surface area contributed by atoms with Crippen molar-refractivity contribution in [2.45, 2.75) is 6.42 Å². The minimum absolute atomic E-state index is 0. The third-order valence-electron chi connectivity index (χ3n) is 2.88. The van der Waals surface area contributed by atoms with Crippen LogP contribution in [0, 0.1) is 0 Å². The van der Waals surface area contributed by atoms with Crippen LogP contribution in [0.1, 0.15) is 5.56 Å². The zero-order chi connectivity index (χ0) is 11.8. The molecule has 94 valence electrons. The number of nitrogen functional groups attached to an aromatic ring is 1. The molecule has 3 rings (SSSR count). The van der Waals surface area contributed by atoms with Crippen LogP contribution in [0.2, 0.25) is 0 Å². The lowest BCUT2D eigenvalue weighted by atomic mass is 10.2. The van der Waals surface area contributed by atoms with Crippen molar-refractivity contribution in [1.82, 2.24) is 9.97 Å². The standard InChI is InChI=1S/C12H11BrN4.ClH/c13-9-2-1-8-4-6-17(10(8)7-9)11-3-5-15-12(14)16-11;/h1-3,5,7H,4,6H2,(H2,14,15,16);1H. The molecule has 2 heterocycles. The van der Waals surface area contributed by atoms with Gasteiger partial charge in [-0.1, -0.05) is 22.0 Å². The normalized spacial score (nSPS) is 13.1. The number of fused-ring (bicyclic) bond motifs is 1. The van der Waals surface area contributed by atoms with Gasteiger partial charge in [-0.2, -0.15) is 4.98 Å². The van der Waals surface area contributed by atoms with E-state index in [2.05, 4.69) is 49.0 Å². The first-order valence-corrected chi connectivity index (χ1v) is 6.18. The van der Waals surface area contributed by atoms with Crippen molar-refractivity contribution in [3.8, 4) is 0 Å². The minimum Gasteiger partial charge on any atom is -0.368 e. The van der Waals surface area contributed by atoms with E-state index in [0.29, 0.717) is 5.95 Å². The molecule has 0 saturated heterocycles. The lowest BCUT2D eigenvalue weighted by molar-refractivity contribution is 0.968. The highest BCUT2D eigenvalue weighted by atomic mass is 79.9. The highest BCUT2D eigenvalue weighted by Crippen LogP contribution is 2.35. The summed E-state index contributed by atoms with van der Waals surface area (Å²) in [5.74, 6) is 1.17. The second-order valence-corrected chi connectivity index (χ2v) is 4.86. The van der Waals surface area contributed by atoms with Gasteiger partial charge in [0.1, 0.15) is 5.82 Å². The van der Waals surface area contributed by atoms with Gasteiger partial charge in [0.25, 0.3) is 0 Å². The van der Waals surface area contributed by atoms with Gasteiger partial charge in [0.15, 0.2) is 0 Å². The Morgan fingerprint density at radius 2 is 2.11 bits per heavy atom. The Morgan fingerprint density at radius 3 is 2.89 bits per heavy atom. The molecular formula is C12H12BrClN4. The average molecular weight is 328 g/mol. The fraction of sp³-hybridized carbons (Fsp3) is 0.167. The number of halogens is 2. The molecule has 2 N–H and O–H groups in total. The summed E-state index contributed by atoms with van der Waals surface area (Å²) in [5, 5.41) is 0. The number of aromatic nitrogens is 2. The summed E-state index contributed by atoms with van der Waals surface area (Å²) < 4.78 is 1.07. The van der Waals surface area contributed by atoms with Gasteiger partial charge in [0.05, 0.1) is 0 Å². The summed E-state index contributed by atoms with van der Waals surface area (Å²) in [7, 11) is 0. The molecule has 0 bridgehead atoms. The average Bonchev–Trinajstić information content (AvgIpc) is 2.71. The highest BCUT2D eigenvalue weighted by Gasteiger charge is 2.21. The van der Waals surface area contributed by atoms with Crippen LogP contribution < -0.4 is 10.6 Å². The van der Waals surface area contributed by atoms with E-state index >= 15 is 0 Å². The van der Waals surface area contributed by atoms with E-state index in [1.807, 2.05) is 6.07 Å². The number of nitrogens with zero attached hydrogens (tertiary/aromatic N) is 3. The van der Waals surface area contributed by atoms with Crippen LogP contribution in [-0.2, 0) is 6.42 Å². The van der Waals surface area contributed by atoms with Crippen LogP contribution in [-0.4, -0.2) is 16.5 Å². The van der Waals surface area contributed by atoms with Gasteiger partial charge in [-0.25, -0.2) is 4.98 Å². The van der Waals surface area contributed by atoms with Crippen molar-refractivity contribution in [2.24, 2.45) is 0 Å². The molecular weight excluding hydrogens is 316 g/mol. The van der Waals surface area contributed by atoms with E-state index in [4.69, 9.17) is 5.73 Å². The Hall–Kier alpha value is -1.33. The van der Waals surface area contributed by atoms with Gasteiger partial charge in [-0.05, 0) is 30.2 Å². The monoisotopic (exact) mass is 326 g/mol. The molecule has 0 radical (unpaired) electrons. The van der Waals surface area contributed by atoms with Crippen LogP contribution in [0.5, 0.6) is 0 Å². The molecule has 1 aromatic heterocycles. The van der Waals surface area contributed by atoms with Crippen molar-refractivity contribution in [3.63, 3.8) is 0 Å². The van der Waals surface area contributed by atoms with E-state index in [0.717, 1.165) is 23.3 Å². The Balaban J connectivity index is 0.00000120. The van der Waals surface area contributed by atoms with Gasteiger partial charge >= 0.3 is 0 Å². The molecule has 0 fully saturated rings. The molecule has 0 unspecified atom stereocenters. The van der Waals surface area contributed by atoms with Crippen LogP contribution in [0.3, 0.4) is 0 Å². The number of nitrogens with two attached hydrogens (primary N) is 1. The summed E-state index contributed by atoms with van der Waals surface area (Å²) in [6.07, 6.45) is 2.72. The van der Waals surface area contributed by atoms with Gasteiger partial charge in [-0.15, -0.1) is 12.4 Å². The number of hydrogen-bond donors (Lipinski definition) is 1. The molecule has 18 heavy (non-hydrogen) atoms. The molecule has 1 aliphatic heterocycles. The molecule has 1 aromatic carbocycles. The second kappa shape index (κ2) is 5.12. The first-order valence-electron chi connectivity index (χ1n) is 5.38. The van der Waals surface area contributed by atoms with Crippen LogP contribution in [0.4, 0.5) is 17.5 Å². The maximum atomic E-state index is 5.62. The maximum Gasteiger partial charge on any atom is 0.221 e. The van der Waals surface area contributed by atoms with E-state index < -0.39 is 0 Å². The molecule has 0 aliphatic carbocycles. The second-order valence-electron chi connectivity index (χ2n) is 3.95. The van der Waals surface area contributed by atoms with Crippen molar-refractivity contribution >= 4 is 45.8 Å². The van der Waals surface area contributed by atoms with E-state index in [1.54, 1.807) is 6.20 Å². The van der Waals surface area contributed by atoms with Gasteiger partial charge in [0, 0.05) is 22.9 Å². The smallest absolute Gasteiger partial charge is 0.221 e. The van der Waals surface area contributed by atoms with Gasteiger partial charge in [0.2, 0.25) is 5.95 Å². The van der Waals surface area contributed by atoms with E-state index in [1.165, 1.54) is 11.3 Å². The largest absolute Gasteiger partial charge is 0.368 e. The predicted octanol–water partition coefficient (Wildman–Crippen LogP) is 2.94. The Bertz CT molecular complexity index is 576. The van der Waals surface area contributed by atoms with Crippen molar-refractivity contribution in [1.29, 1.82) is 0 Å². The number of benzene rings is 1. The molecule has 6 heteroatoms. The van der Waals surface area contributed by atoms with Crippen LogP contribution >= 0.6 is 28.3 Å². The summed E-state index contributed by atoms with van der Waals surface area (Å²) >= 11 is 3.50. The Kier molecular flexibility index (Phi) is 3.73. The Labute approximate surface area is 120 Å². The lowest BCUT2D eigenvalue weighted by Gasteiger charge is -2.18. The van der Waals surface area contributed by atoms with E-state index in [-0.39, 0.29) is 12.4 Å². The lowest BCUT2D eigenvalue weighted by Crippen LogP contribution is -2.15. The summed E-state index contributed by atoms with van der Waals surface area (Å²) in [5.41, 5.74) is 8.15. The topological polar surface area (TPSA) is 55.0 Å². The minimum atomic E-state index is 0. The SMILES string of the molecule is Cl.Nc1nccc(N2CCc3ccc(Br)cc32)n1. The van der Waals surface area contributed by atoms with Crippen molar-refractivity contribution in [3.05, 3.63) is 40.5 Å². The highest BCUT2D eigenvalue weighted by molar-refractivity contribution is 9.10. The number of rotatable bonds is 1. The third kappa shape index (κ3) is 2.28. The zero-order valence-electron chi connectivity index (χ0n) is 9.51. The number of anilines is 3. The quantitative estimate of drug-likeness (QED) is 0.875. The van der Waals surface area contributed by atoms with E-state index in [9.17, 15) is 0 Å². The molecule has 2 aromatic rings. The predicted molar refractivity (Wildman–Crippen MR) is 78.5 cm³/mol. The molecule has 0 atom stereocenters. The summed E-state index contributed by atoms with van der Waals surface area (Å²) in [4.78, 5) is 10.3. The summed E-state index contributed by atoms with van der Waals surface area (Å²) in [6.45, 7) is 0.933. The zero-order valence-corrected chi connectivity index (χ0v) is 11.9. The van der Waals surface area contributed by atoms with Gasteiger partial charge < -0.3 is 10.6 Å². The fourth-order valence-electron chi connectivity index (χ4n) is 2.10. The maximum absolute atomic E-state index is 5.62. The molecule has 4 nitrogen and oxygen atoms in total. The number of hydrogen-bond acceptors (Lipinski definition) is 4. The molecule has 0 amide bonds. The fourth-order valence-corrected chi connectivity index (χ4v) is 2.45. The van der Waals surface area contributed by atoms with Crippen LogP contribution in [0.15, 0.2) is 34.9 Å². The molecule has 0 saturated carbocycles.